The van der Waals surface area contributed by atoms with Crippen LogP contribution in [0.2, 0.25) is 0 Å². The largest absolute Gasteiger partial charge is 0.383 e. The maximum Gasteiger partial charge on any atom is 0.264 e. The minimum absolute atomic E-state index is 0.106. The molecule has 1 amide bonds. The third kappa shape index (κ3) is 3.79. The molecule has 1 aromatic carbocycles. The Morgan fingerprint density at radius 2 is 2.04 bits per heavy atom. The minimum atomic E-state index is -0.131. The number of aromatic nitrogens is 2. The van der Waals surface area contributed by atoms with Gasteiger partial charge in [0.25, 0.3) is 11.5 Å². The molecule has 1 atom stereocenters. The Balaban J connectivity index is 1.93. The van der Waals surface area contributed by atoms with Crippen LogP contribution >= 0.6 is 11.3 Å². The molecule has 2 heterocycles. The number of thiophene rings is 1. The van der Waals surface area contributed by atoms with E-state index >= 15 is 0 Å². The van der Waals surface area contributed by atoms with Crippen molar-refractivity contribution in [2.75, 3.05) is 20.8 Å². The Morgan fingerprint density at radius 1 is 1.33 bits per heavy atom. The van der Waals surface area contributed by atoms with Crippen molar-refractivity contribution in [3.63, 3.8) is 0 Å². The topological polar surface area (TPSA) is 64.4 Å². The predicted octanol–water partition coefficient (Wildman–Crippen LogP) is 2.63. The minimum Gasteiger partial charge on any atom is -0.383 e. The highest BCUT2D eigenvalue weighted by molar-refractivity contribution is 7.20. The lowest BCUT2D eigenvalue weighted by Gasteiger charge is -2.27. The van der Waals surface area contributed by atoms with Crippen molar-refractivity contribution in [1.29, 1.82) is 0 Å². The third-order valence-electron chi connectivity index (χ3n) is 4.75. The Morgan fingerprint density at radius 3 is 2.70 bits per heavy atom. The maximum absolute atomic E-state index is 13.2. The number of likely N-dealkylation sites (N-methyl/N-ethyl adjacent to an activating group) is 1. The van der Waals surface area contributed by atoms with Crippen LogP contribution in [0.1, 0.15) is 20.8 Å². The summed E-state index contributed by atoms with van der Waals surface area (Å²) >= 11 is 1.27. The van der Waals surface area contributed by atoms with Crippen LogP contribution in [-0.2, 0) is 18.2 Å². The Labute approximate surface area is 162 Å². The van der Waals surface area contributed by atoms with Crippen LogP contribution in [0.5, 0.6) is 0 Å². The summed E-state index contributed by atoms with van der Waals surface area (Å²) < 4.78 is 6.78. The first-order chi connectivity index (χ1) is 12.9. The lowest BCUT2D eigenvalue weighted by molar-refractivity contribution is 0.0608. The number of amides is 1. The van der Waals surface area contributed by atoms with Crippen molar-refractivity contribution in [3.05, 3.63) is 63.0 Å². The van der Waals surface area contributed by atoms with Gasteiger partial charge in [-0.1, -0.05) is 30.3 Å². The molecule has 0 spiro atoms. The van der Waals surface area contributed by atoms with Gasteiger partial charge in [-0.05, 0) is 24.5 Å². The van der Waals surface area contributed by atoms with Crippen LogP contribution in [0.3, 0.4) is 0 Å². The summed E-state index contributed by atoms with van der Waals surface area (Å²) in [5, 5.41) is 0.521. The fraction of sp³-hybridized carbons (Fsp3) is 0.350. The number of hydrogen-bond donors (Lipinski definition) is 0. The van der Waals surface area contributed by atoms with E-state index in [0.717, 1.165) is 5.56 Å². The van der Waals surface area contributed by atoms with Crippen LogP contribution in [-0.4, -0.2) is 47.2 Å². The van der Waals surface area contributed by atoms with Gasteiger partial charge in [0.2, 0.25) is 0 Å². The number of fused-ring (bicyclic) bond motifs is 1. The molecule has 142 valence electrons. The molecule has 0 aliphatic rings. The summed E-state index contributed by atoms with van der Waals surface area (Å²) in [5.74, 6) is -0.115. The number of carbonyl (C=O) groups is 1. The molecule has 0 N–H and O–H groups in total. The van der Waals surface area contributed by atoms with Crippen molar-refractivity contribution >= 4 is 27.5 Å². The van der Waals surface area contributed by atoms with Crippen molar-refractivity contribution in [2.24, 2.45) is 7.05 Å². The first kappa shape index (κ1) is 19.3. The molecule has 3 aromatic rings. The van der Waals surface area contributed by atoms with E-state index in [2.05, 4.69) is 4.98 Å². The fourth-order valence-corrected chi connectivity index (χ4v) is 4.25. The Kier molecular flexibility index (Phi) is 5.72. The number of rotatable bonds is 6. The number of nitrogens with zero attached hydrogens (tertiary/aromatic N) is 3. The normalized spacial score (nSPS) is 12.3. The monoisotopic (exact) mass is 385 g/mol. The zero-order chi connectivity index (χ0) is 19.6. The Bertz CT molecular complexity index is 1010. The van der Waals surface area contributed by atoms with Crippen LogP contribution < -0.4 is 5.56 Å². The average Bonchev–Trinajstić information content (AvgIpc) is 3.01. The van der Waals surface area contributed by atoms with Gasteiger partial charge in [0.15, 0.2) is 0 Å². The second-order valence-electron chi connectivity index (χ2n) is 6.61. The van der Waals surface area contributed by atoms with E-state index in [4.69, 9.17) is 4.74 Å². The van der Waals surface area contributed by atoms with Gasteiger partial charge in [0.1, 0.15) is 4.83 Å². The van der Waals surface area contributed by atoms with Gasteiger partial charge in [0, 0.05) is 21.2 Å². The predicted molar refractivity (Wildman–Crippen MR) is 108 cm³/mol. The number of methoxy groups -OCH3 is 1. The van der Waals surface area contributed by atoms with E-state index in [1.165, 1.54) is 22.2 Å². The van der Waals surface area contributed by atoms with Gasteiger partial charge in [-0.3, -0.25) is 9.59 Å². The van der Waals surface area contributed by atoms with Gasteiger partial charge in [-0.2, -0.15) is 0 Å². The zero-order valence-electron chi connectivity index (χ0n) is 15.9. The molecule has 0 radical (unpaired) electrons. The first-order valence-corrected chi connectivity index (χ1v) is 9.50. The number of aryl methyl sites for hydroxylation is 2. The first-order valence-electron chi connectivity index (χ1n) is 8.68. The Hall–Kier alpha value is -2.51. The highest BCUT2D eigenvalue weighted by atomic mass is 32.1. The number of ether oxygens (including phenoxy) is 1. The van der Waals surface area contributed by atoms with Crippen LogP contribution in [0.25, 0.3) is 10.2 Å². The molecule has 3 rings (SSSR count). The standard InChI is InChI=1S/C20H23N3O3S/c1-13-16-18(21-12-22(2)19(16)24)27-17(13)20(25)23(3)15(11-26-4)10-14-8-6-5-7-9-14/h5-9,12,15H,10-11H2,1-4H3/t15-/m1/s1. The molecule has 0 aliphatic carbocycles. The van der Waals surface area contributed by atoms with Gasteiger partial charge < -0.3 is 14.2 Å². The summed E-state index contributed by atoms with van der Waals surface area (Å²) in [5.41, 5.74) is 1.70. The lowest BCUT2D eigenvalue weighted by Crippen LogP contribution is -2.41. The molecule has 7 heteroatoms. The average molecular weight is 385 g/mol. The van der Waals surface area contributed by atoms with Crippen LogP contribution in [0.15, 0.2) is 41.5 Å². The summed E-state index contributed by atoms with van der Waals surface area (Å²) in [6.07, 6.45) is 2.18. The van der Waals surface area contributed by atoms with E-state index in [1.54, 1.807) is 26.1 Å². The lowest BCUT2D eigenvalue weighted by atomic mass is 10.0. The molecular weight excluding hydrogens is 362 g/mol. The molecule has 6 nitrogen and oxygen atoms in total. The SMILES string of the molecule is COC[C@@H](Cc1ccccc1)N(C)C(=O)c1sc2ncn(C)c(=O)c2c1C. The van der Waals surface area contributed by atoms with Gasteiger partial charge in [-0.25, -0.2) is 4.98 Å². The summed E-state index contributed by atoms with van der Waals surface area (Å²) in [7, 11) is 5.08. The highest BCUT2D eigenvalue weighted by Crippen LogP contribution is 2.28. The maximum atomic E-state index is 13.2. The summed E-state index contributed by atoms with van der Waals surface area (Å²) in [4.78, 5) is 32.8. The molecule has 27 heavy (non-hydrogen) atoms. The van der Waals surface area contributed by atoms with E-state index in [9.17, 15) is 9.59 Å². The molecule has 0 aliphatic heterocycles. The van der Waals surface area contributed by atoms with Gasteiger partial charge in [0.05, 0.1) is 29.2 Å². The molecular formula is C20H23N3O3S. The van der Waals surface area contributed by atoms with Crippen molar-refractivity contribution in [1.82, 2.24) is 14.5 Å². The zero-order valence-corrected chi connectivity index (χ0v) is 16.7. The summed E-state index contributed by atoms with van der Waals surface area (Å²) in [6, 6.07) is 9.92. The number of carbonyl (C=O) groups excluding carboxylic acids is 1. The van der Waals surface area contributed by atoms with E-state index in [-0.39, 0.29) is 17.5 Å². The molecule has 0 saturated heterocycles. The number of benzene rings is 1. The van der Waals surface area contributed by atoms with E-state index in [0.29, 0.717) is 33.7 Å². The molecule has 0 fully saturated rings. The molecule has 0 saturated carbocycles. The number of hydrogen-bond acceptors (Lipinski definition) is 5. The summed E-state index contributed by atoms with van der Waals surface area (Å²) in [6.45, 7) is 2.24. The van der Waals surface area contributed by atoms with E-state index < -0.39 is 0 Å². The molecule has 0 unspecified atom stereocenters. The second kappa shape index (κ2) is 8.02. The highest BCUT2D eigenvalue weighted by Gasteiger charge is 2.26. The second-order valence-corrected chi connectivity index (χ2v) is 7.61. The van der Waals surface area contributed by atoms with Crippen molar-refractivity contribution in [3.8, 4) is 0 Å². The molecule has 0 bridgehead atoms. The van der Waals surface area contributed by atoms with Crippen LogP contribution in [0.4, 0.5) is 0 Å². The smallest absolute Gasteiger partial charge is 0.264 e. The van der Waals surface area contributed by atoms with Gasteiger partial charge >= 0.3 is 0 Å². The van der Waals surface area contributed by atoms with Crippen molar-refractivity contribution < 1.29 is 9.53 Å². The third-order valence-corrected chi connectivity index (χ3v) is 5.93. The fourth-order valence-electron chi connectivity index (χ4n) is 3.13. The quantitative estimate of drug-likeness (QED) is 0.654. The van der Waals surface area contributed by atoms with Gasteiger partial charge in [-0.15, -0.1) is 11.3 Å². The van der Waals surface area contributed by atoms with Crippen LogP contribution in [0, 0.1) is 6.92 Å². The molecule has 2 aromatic heterocycles. The van der Waals surface area contributed by atoms with E-state index in [1.807, 2.05) is 37.3 Å². The van der Waals surface area contributed by atoms with Crippen molar-refractivity contribution in [2.45, 2.75) is 19.4 Å².